The van der Waals surface area contributed by atoms with E-state index in [9.17, 15) is 32.7 Å². The number of carbonyl (C=O) groups is 4. The van der Waals surface area contributed by atoms with Crippen molar-refractivity contribution >= 4 is 33.6 Å². The molecular formula is C59H94O14S. The number of rotatable bonds is 33. The fourth-order valence-corrected chi connectivity index (χ4v) is 12.0. The Morgan fingerprint density at radius 3 is 1.50 bits per heavy atom. The van der Waals surface area contributed by atoms with Gasteiger partial charge < -0.3 is 33.5 Å². The molecule has 0 radical (unpaired) electrons. The molecule has 0 unspecified atom stereocenters. The van der Waals surface area contributed by atoms with Gasteiger partial charge in [-0.3, -0.25) is 23.4 Å². The van der Waals surface area contributed by atoms with Crippen molar-refractivity contribution < 1.29 is 65.3 Å². The molecule has 14 nitrogen and oxygen atoms in total. The molecule has 0 aromatic heterocycles. The third-order valence-corrected chi connectivity index (χ3v) is 16.3. The maximum Gasteiger partial charge on any atom is 0.306 e. The van der Waals surface area contributed by atoms with Gasteiger partial charge in [0.25, 0.3) is 10.1 Å². The van der Waals surface area contributed by atoms with Crippen LogP contribution in [0.25, 0.3) is 0 Å². The maximum absolute atomic E-state index is 13.3. The molecule has 1 N–H and O–H groups in total. The van der Waals surface area contributed by atoms with Crippen molar-refractivity contribution in [1.29, 1.82) is 0 Å². The largest absolute Gasteiger partial charge is 0.463 e. The van der Waals surface area contributed by atoms with Crippen molar-refractivity contribution in [2.24, 2.45) is 35.5 Å². The van der Waals surface area contributed by atoms with Crippen LogP contribution >= 0.6 is 0 Å². The lowest BCUT2D eigenvalue weighted by Crippen LogP contribution is -2.32. The normalized spacial score (nSPS) is 23.6. The van der Waals surface area contributed by atoms with E-state index in [0.29, 0.717) is 77.8 Å². The van der Waals surface area contributed by atoms with E-state index in [-0.39, 0.29) is 95.8 Å². The SMILES string of the molecule is CCCCCC1(CC[C@H]2[C@H](CO)CC(=O)[C@@H]2CC=CCCCC(=O)OC(C)C)OCCO1.CCCCCC1(CC[C@H]2[C@H](COS(=O)(=O)c3ccc(C)cc3)CC(=O)[C@@H]2CC=CCCCC(=O)OC(C)C)OCCO1. The van der Waals surface area contributed by atoms with Gasteiger partial charge in [-0.1, -0.05) is 81.5 Å². The molecule has 0 amide bonds. The van der Waals surface area contributed by atoms with E-state index in [1.54, 1.807) is 24.3 Å². The zero-order valence-electron chi connectivity index (χ0n) is 46.2. The van der Waals surface area contributed by atoms with E-state index in [1.165, 1.54) is 0 Å². The highest BCUT2D eigenvalue weighted by atomic mass is 32.2. The van der Waals surface area contributed by atoms with Gasteiger partial charge in [-0.2, -0.15) is 8.42 Å². The summed E-state index contributed by atoms with van der Waals surface area (Å²) in [5.41, 5.74) is 0.964. The van der Waals surface area contributed by atoms with E-state index in [2.05, 4.69) is 26.0 Å². The van der Waals surface area contributed by atoms with Crippen LogP contribution in [0.2, 0.25) is 0 Å². The maximum atomic E-state index is 13.3. The summed E-state index contributed by atoms with van der Waals surface area (Å²) in [7, 11) is -3.93. The van der Waals surface area contributed by atoms with Crippen molar-refractivity contribution in [2.45, 2.75) is 218 Å². The first kappa shape index (κ1) is 63.2. The Kier molecular flexibility index (Phi) is 28.3. The third kappa shape index (κ3) is 21.6. The van der Waals surface area contributed by atoms with Crippen molar-refractivity contribution in [3.8, 4) is 0 Å². The first-order valence-corrected chi connectivity index (χ1v) is 29.7. The number of ketones is 2. The average molecular weight is 1060 g/mol. The molecule has 6 atom stereocenters. The Bertz CT molecular complexity index is 1980. The number of allylic oxidation sites excluding steroid dienone is 4. The molecule has 0 bridgehead atoms. The number of unbranched alkanes of at least 4 members (excludes halogenated alkanes) is 6. The van der Waals surface area contributed by atoms with Crippen molar-refractivity contribution in [3.63, 3.8) is 0 Å². The van der Waals surface area contributed by atoms with Gasteiger partial charge in [0.05, 0.1) is 50.1 Å². The molecule has 0 spiro atoms. The lowest BCUT2D eigenvalue weighted by atomic mass is 9.82. The van der Waals surface area contributed by atoms with Crippen LogP contribution in [0.3, 0.4) is 0 Å². The zero-order chi connectivity index (χ0) is 54.0. The molecule has 1 aromatic carbocycles. The second-order valence-electron chi connectivity index (χ2n) is 21.6. The number of carbonyl (C=O) groups excluding carboxylic acids is 4. The van der Waals surface area contributed by atoms with E-state index in [0.717, 1.165) is 89.0 Å². The van der Waals surface area contributed by atoms with E-state index in [4.69, 9.17) is 32.6 Å². The second kappa shape index (κ2) is 33.1. The fourth-order valence-electron chi connectivity index (χ4n) is 11.1. The lowest BCUT2D eigenvalue weighted by Gasteiger charge is -2.31. The topological polar surface area (TPSA) is 187 Å². The third-order valence-electron chi connectivity index (χ3n) is 15.0. The van der Waals surface area contributed by atoms with Gasteiger partial charge in [-0.05, 0) is 135 Å². The molecule has 2 aliphatic carbocycles. The van der Waals surface area contributed by atoms with Gasteiger partial charge >= 0.3 is 11.9 Å². The summed E-state index contributed by atoms with van der Waals surface area (Å²) in [5.74, 6) is -1.45. The Hall–Kier alpha value is -3.31. The molecular weight excluding hydrogens is 965 g/mol. The molecule has 1 aromatic rings. The number of hydrogen-bond acceptors (Lipinski definition) is 14. The zero-order valence-corrected chi connectivity index (χ0v) is 47.0. The molecule has 2 aliphatic heterocycles. The van der Waals surface area contributed by atoms with Crippen LogP contribution in [-0.4, -0.2) is 100 Å². The van der Waals surface area contributed by atoms with Crippen LogP contribution in [0.5, 0.6) is 0 Å². The van der Waals surface area contributed by atoms with Crippen LogP contribution in [0.4, 0.5) is 0 Å². The van der Waals surface area contributed by atoms with Gasteiger partial charge in [0.15, 0.2) is 11.6 Å². The molecule has 420 valence electrons. The number of ether oxygens (including phenoxy) is 6. The Morgan fingerprint density at radius 2 is 1.08 bits per heavy atom. The summed E-state index contributed by atoms with van der Waals surface area (Å²) in [6.07, 6.45) is 25.1. The van der Waals surface area contributed by atoms with Gasteiger partial charge in [0.2, 0.25) is 0 Å². The highest BCUT2D eigenvalue weighted by molar-refractivity contribution is 7.86. The number of aryl methyl sites for hydroxylation is 1. The predicted molar refractivity (Wildman–Crippen MR) is 285 cm³/mol. The van der Waals surface area contributed by atoms with Crippen LogP contribution in [-0.2, 0) is 61.9 Å². The molecule has 5 rings (SSSR count). The average Bonchev–Trinajstić information content (AvgIpc) is 4.16. The summed E-state index contributed by atoms with van der Waals surface area (Å²) in [4.78, 5) is 49.4. The van der Waals surface area contributed by atoms with Crippen LogP contribution in [0.15, 0.2) is 53.5 Å². The summed E-state index contributed by atoms with van der Waals surface area (Å²) >= 11 is 0. The monoisotopic (exact) mass is 1060 g/mol. The van der Waals surface area contributed by atoms with Crippen molar-refractivity contribution in [2.75, 3.05) is 39.6 Å². The number of benzene rings is 1. The lowest BCUT2D eigenvalue weighted by molar-refractivity contribution is -0.171. The minimum Gasteiger partial charge on any atom is -0.463 e. The van der Waals surface area contributed by atoms with Crippen molar-refractivity contribution in [1.82, 2.24) is 0 Å². The molecule has 2 heterocycles. The highest BCUT2D eigenvalue weighted by Gasteiger charge is 2.46. The molecule has 2 saturated carbocycles. The number of esters is 2. The smallest absolute Gasteiger partial charge is 0.306 e. The number of aliphatic hydroxyl groups is 1. The molecule has 4 aliphatic rings. The van der Waals surface area contributed by atoms with Crippen molar-refractivity contribution in [3.05, 3.63) is 54.1 Å². The Balaban J connectivity index is 0.000000333. The minimum atomic E-state index is -3.93. The van der Waals surface area contributed by atoms with Gasteiger partial charge in [0.1, 0.15) is 11.6 Å². The molecule has 4 fully saturated rings. The minimum absolute atomic E-state index is 0.0285. The highest BCUT2D eigenvalue weighted by Crippen LogP contribution is 2.45. The molecule has 2 saturated heterocycles. The molecule has 15 heteroatoms. The second-order valence-corrected chi connectivity index (χ2v) is 23.2. The van der Waals surface area contributed by atoms with Gasteiger partial charge in [-0.25, -0.2) is 0 Å². The quantitative estimate of drug-likeness (QED) is 0.0303. The number of Topliss-reactive ketones (excluding diaryl/α,β-unsaturated/α-hetero) is 2. The van der Waals surface area contributed by atoms with Crippen LogP contribution in [0, 0.1) is 42.4 Å². The van der Waals surface area contributed by atoms with E-state index >= 15 is 0 Å². The first-order valence-electron chi connectivity index (χ1n) is 28.3. The van der Waals surface area contributed by atoms with Crippen LogP contribution in [0.1, 0.15) is 188 Å². The Morgan fingerprint density at radius 1 is 0.649 bits per heavy atom. The predicted octanol–water partition coefficient (Wildman–Crippen LogP) is 11.7. The van der Waals surface area contributed by atoms with Gasteiger partial charge in [-0.15, -0.1) is 0 Å². The summed E-state index contributed by atoms with van der Waals surface area (Å²) < 4.78 is 66.0. The molecule has 74 heavy (non-hydrogen) atoms. The Labute approximate surface area is 444 Å². The standard InChI is InChI=1S/C33H50O8S.C26H44O6/c1-5-6-11-19-33(38-21-22-39-33)20-18-29-27(24-40-42(36,37)28-16-14-26(4)15-17-28)23-31(34)30(29)12-9-7-8-10-13-32(35)41-25(2)3;1-4-5-10-14-26(30-16-17-31-26)15-13-22-21(19-27)18-24(28)23(22)11-8-6-7-9-12-25(29)32-20(2)3/h7,9,14-17,25,27,29-30H,5-6,8,10-13,18-24H2,1-4H3;6,8,20-23,27H,4-5,7,9-19H2,1-3H3/t27-,29-,30+;21-,22-,23+/m00/s1. The van der Waals surface area contributed by atoms with Gasteiger partial charge in [0, 0.05) is 69.8 Å². The number of hydrogen-bond donors (Lipinski definition) is 1. The summed E-state index contributed by atoms with van der Waals surface area (Å²) in [5, 5.41) is 9.88. The van der Waals surface area contributed by atoms with E-state index < -0.39 is 21.7 Å². The summed E-state index contributed by atoms with van der Waals surface area (Å²) in [6, 6.07) is 6.58. The number of aliphatic hydroxyl groups excluding tert-OH is 1. The van der Waals surface area contributed by atoms with Crippen LogP contribution < -0.4 is 0 Å². The summed E-state index contributed by atoms with van der Waals surface area (Å²) in [6.45, 7) is 16.0. The first-order chi connectivity index (χ1) is 35.5. The fraction of sp³-hybridized carbons (Fsp3) is 0.763. The van der Waals surface area contributed by atoms with E-state index in [1.807, 2.05) is 46.8 Å².